The number of hydrazine groups is 1. The van der Waals surface area contributed by atoms with Crippen LogP contribution in [0.1, 0.15) is 29.8 Å². The maximum absolute atomic E-state index is 5.74. The molecule has 1 aliphatic heterocycles. The van der Waals surface area contributed by atoms with Gasteiger partial charge in [-0.3, -0.25) is 11.3 Å². The van der Waals surface area contributed by atoms with Crippen LogP contribution in [0, 0.1) is 12.8 Å². The van der Waals surface area contributed by atoms with E-state index in [1.807, 2.05) is 0 Å². The van der Waals surface area contributed by atoms with Crippen LogP contribution >= 0.6 is 11.3 Å². The maximum atomic E-state index is 5.74. The van der Waals surface area contributed by atoms with Crippen molar-refractivity contribution in [3.63, 3.8) is 0 Å². The molecule has 84 valence electrons. The SMILES string of the molecule is Cc1cc(C(NN)C2OCCC2C)cs1. The lowest BCUT2D eigenvalue weighted by Crippen LogP contribution is -2.38. The van der Waals surface area contributed by atoms with E-state index < -0.39 is 0 Å². The molecule has 3 atom stereocenters. The van der Waals surface area contributed by atoms with Crippen LogP contribution in [-0.4, -0.2) is 12.7 Å². The number of hydrogen-bond donors (Lipinski definition) is 2. The van der Waals surface area contributed by atoms with Crippen LogP contribution in [0.5, 0.6) is 0 Å². The van der Waals surface area contributed by atoms with E-state index in [2.05, 4.69) is 30.7 Å². The monoisotopic (exact) mass is 226 g/mol. The van der Waals surface area contributed by atoms with Crippen LogP contribution in [-0.2, 0) is 4.74 Å². The fourth-order valence-electron chi connectivity index (χ4n) is 2.15. The average Bonchev–Trinajstić information content (AvgIpc) is 2.79. The lowest BCUT2D eigenvalue weighted by Gasteiger charge is -2.24. The molecule has 0 amide bonds. The van der Waals surface area contributed by atoms with E-state index in [0.29, 0.717) is 5.92 Å². The molecule has 3 nitrogen and oxygen atoms in total. The van der Waals surface area contributed by atoms with Gasteiger partial charge in [0.25, 0.3) is 0 Å². The van der Waals surface area contributed by atoms with Gasteiger partial charge in [-0.1, -0.05) is 6.92 Å². The highest BCUT2D eigenvalue weighted by molar-refractivity contribution is 7.10. The molecule has 15 heavy (non-hydrogen) atoms. The molecule has 1 aromatic rings. The summed E-state index contributed by atoms with van der Waals surface area (Å²) in [6, 6.07) is 2.32. The van der Waals surface area contributed by atoms with Gasteiger partial charge in [0.2, 0.25) is 0 Å². The van der Waals surface area contributed by atoms with E-state index in [4.69, 9.17) is 10.6 Å². The Hall–Kier alpha value is -0.420. The van der Waals surface area contributed by atoms with Gasteiger partial charge < -0.3 is 4.74 Å². The number of nitrogens with two attached hydrogens (primary N) is 1. The minimum Gasteiger partial charge on any atom is -0.376 e. The van der Waals surface area contributed by atoms with Crippen molar-refractivity contribution in [2.45, 2.75) is 32.4 Å². The Balaban J connectivity index is 2.16. The highest BCUT2D eigenvalue weighted by atomic mass is 32.1. The number of hydrogen-bond acceptors (Lipinski definition) is 4. The third-order valence-electron chi connectivity index (χ3n) is 3.06. The Bertz CT molecular complexity index is 326. The van der Waals surface area contributed by atoms with E-state index in [1.54, 1.807) is 11.3 Å². The quantitative estimate of drug-likeness (QED) is 0.612. The van der Waals surface area contributed by atoms with Gasteiger partial charge in [0.1, 0.15) is 0 Å². The average molecular weight is 226 g/mol. The predicted octanol–water partition coefficient (Wildman–Crippen LogP) is 1.99. The molecule has 0 saturated carbocycles. The second-order valence-corrected chi connectivity index (χ2v) is 5.35. The molecule has 0 aromatic carbocycles. The standard InChI is InChI=1S/C11H18N2OS/c1-7-3-4-14-11(7)10(13-12)9-5-8(2)15-6-9/h5-7,10-11,13H,3-4,12H2,1-2H3. The molecule has 3 N–H and O–H groups in total. The zero-order valence-electron chi connectivity index (χ0n) is 9.19. The van der Waals surface area contributed by atoms with Gasteiger partial charge in [0.05, 0.1) is 12.1 Å². The molecular formula is C11H18N2OS. The van der Waals surface area contributed by atoms with Crippen LogP contribution in [0.4, 0.5) is 0 Å². The largest absolute Gasteiger partial charge is 0.376 e. The van der Waals surface area contributed by atoms with E-state index in [9.17, 15) is 0 Å². The van der Waals surface area contributed by atoms with Gasteiger partial charge in [-0.15, -0.1) is 11.3 Å². The van der Waals surface area contributed by atoms with E-state index in [-0.39, 0.29) is 12.1 Å². The van der Waals surface area contributed by atoms with Crippen LogP contribution in [0.3, 0.4) is 0 Å². The van der Waals surface area contributed by atoms with Gasteiger partial charge in [-0.25, -0.2) is 0 Å². The van der Waals surface area contributed by atoms with Crippen molar-refractivity contribution < 1.29 is 4.74 Å². The summed E-state index contributed by atoms with van der Waals surface area (Å²) in [4.78, 5) is 1.32. The summed E-state index contributed by atoms with van der Waals surface area (Å²) in [6.07, 6.45) is 1.34. The Morgan fingerprint density at radius 3 is 2.93 bits per heavy atom. The van der Waals surface area contributed by atoms with Crippen molar-refractivity contribution in [3.05, 3.63) is 21.9 Å². The normalized spacial score (nSPS) is 28.2. The van der Waals surface area contributed by atoms with Gasteiger partial charge in [-0.05, 0) is 36.3 Å². The van der Waals surface area contributed by atoms with Gasteiger partial charge in [-0.2, -0.15) is 0 Å². The molecule has 2 rings (SSSR count). The van der Waals surface area contributed by atoms with Crippen molar-refractivity contribution in [1.82, 2.24) is 5.43 Å². The minimum absolute atomic E-state index is 0.132. The summed E-state index contributed by atoms with van der Waals surface area (Å²) in [7, 11) is 0. The molecule has 2 heterocycles. The number of ether oxygens (including phenoxy) is 1. The summed E-state index contributed by atoms with van der Waals surface area (Å²) in [5.74, 6) is 6.21. The summed E-state index contributed by atoms with van der Waals surface area (Å²) in [5.41, 5.74) is 4.13. The van der Waals surface area contributed by atoms with Crippen molar-refractivity contribution in [1.29, 1.82) is 0 Å². The molecule has 3 unspecified atom stereocenters. The molecule has 1 aliphatic rings. The second-order valence-electron chi connectivity index (χ2n) is 4.24. The van der Waals surface area contributed by atoms with Crippen LogP contribution in [0.2, 0.25) is 0 Å². The Labute approximate surface area is 94.6 Å². The lowest BCUT2D eigenvalue weighted by molar-refractivity contribution is 0.0608. The number of aryl methyl sites for hydroxylation is 1. The first-order chi connectivity index (χ1) is 7.22. The van der Waals surface area contributed by atoms with Crippen molar-refractivity contribution in [3.8, 4) is 0 Å². The lowest BCUT2D eigenvalue weighted by atomic mass is 9.94. The number of nitrogens with one attached hydrogen (secondary N) is 1. The van der Waals surface area contributed by atoms with E-state index >= 15 is 0 Å². The first-order valence-electron chi connectivity index (χ1n) is 5.35. The third kappa shape index (κ3) is 2.23. The van der Waals surface area contributed by atoms with E-state index in [0.717, 1.165) is 13.0 Å². The van der Waals surface area contributed by atoms with E-state index in [1.165, 1.54) is 10.4 Å². The number of rotatable bonds is 3. The Kier molecular flexibility index (Phi) is 3.41. The minimum atomic E-state index is 0.132. The fraction of sp³-hybridized carbons (Fsp3) is 0.636. The smallest absolute Gasteiger partial charge is 0.0809 e. The molecule has 0 spiro atoms. The van der Waals surface area contributed by atoms with Crippen LogP contribution < -0.4 is 11.3 Å². The van der Waals surface area contributed by atoms with Crippen LogP contribution in [0.15, 0.2) is 11.4 Å². The van der Waals surface area contributed by atoms with Crippen molar-refractivity contribution >= 4 is 11.3 Å². The molecular weight excluding hydrogens is 208 g/mol. The first kappa shape index (κ1) is 11.1. The molecule has 0 radical (unpaired) electrons. The van der Waals surface area contributed by atoms with Gasteiger partial charge in [0.15, 0.2) is 0 Å². The molecule has 0 aliphatic carbocycles. The van der Waals surface area contributed by atoms with Crippen molar-refractivity contribution in [2.24, 2.45) is 11.8 Å². The Morgan fingerprint density at radius 1 is 1.67 bits per heavy atom. The first-order valence-corrected chi connectivity index (χ1v) is 6.23. The number of thiophene rings is 1. The summed E-state index contributed by atoms with van der Waals surface area (Å²) < 4.78 is 5.74. The Morgan fingerprint density at radius 2 is 2.47 bits per heavy atom. The third-order valence-corrected chi connectivity index (χ3v) is 3.94. The predicted molar refractivity (Wildman–Crippen MR) is 62.6 cm³/mol. The topological polar surface area (TPSA) is 47.3 Å². The van der Waals surface area contributed by atoms with Crippen molar-refractivity contribution in [2.75, 3.05) is 6.61 Å². The maximum Gasteiger partial charge on any atom is 0.0809 e. The van der Waals surface area contributed by atoms with Crippen LogP contribution in [0.25, 0.3) is 0 Å². The fourth-order valence-corrected chi connectivity index (χ4v) is 2.89. The zero-order chi connectivity index (χ0) is 10.8. The molecule has 1 aromatic heterocycles. The summed E-state index contributed by atoms with van der Waals surface area (Å²) in [5, 5.41) is 2.16. The summed E-state index contributed by atoms with van der Waals surface area (Å²) >= 11 is 1.76. The highest BCUT2D eigenvalue weighted by Crippen LogP contribution is 2.32. The second kappa shape index (κ2) is 4.61. The summed E-state index contributed by atoms with van der Waals surface area (Å²) in [6.45, 7) is 5.19. The van der Waals surface area contributed by atoms with Gasteiger partial charge in [0, 0.05) is 11.5 Å². The zero-order valence-corrected chi connectivity index (χ0v) is 10.0. The molecule has 1 saturated heterocycles. The van der Waals surface area contributed by atoms with Gasteiger partial charge >= 0.3 is 0 Å². The molecule has 4 heteroatoms. The highest BCUT2D eigenvalue weighted by Gasteiger charge is 2.32. The molecule has 1 fully saturated rings. The molecule has 0 bridgehead atoms.